The second-order valence-corrected chi connectivity index (χ2v) is 2.88. The van der Waals surface area contributed by atoms with Crippen molar-refractivity contribution >= 4 is 27.5 Å². The standard InChI is InChI=1S/C10H4BrFN2O/c11-4-3-10(15)14-8-2-1-7(6-13)9(12)5-8/h1-2,5H,(H,14,15). The van der Waals surface area contributed by atoms with Gasteiger partial charge in [0.1, 0.15) is 11.9 Å². The molecule has 0 saturated carbocycles. The zero-order chi connectivity index (χ0) is 11.3. The molecule has 0 radical (unpaired) electrons. The van der Waals surface area contributed by atoms with Gasteiger partial charge in [0.15, 0.2) is 0 Å². The van der Waals surface area contributed by atoms with E-state index in [0.717, 1.165) is 6.07 Å². The van der Waals surface area contributed by atoms with E-state index in [0.29, 0.717) is 0 Å². The molecule has 15 heavy (non-hydrogen) atoms. The Labute approximate surface area is 94.0 Å². The normalized spacial score (nSPS) is 8.33. The molecule has 0 fully saturated rings. The third-order valence-electron chi connectivity index (χ3n) is 1.51. The van der Waals surface area contributed by atoms with Crippen LogP contribution in [0.2, 0.25) is 0 Å². The van der Waals surface area contributed by atoms with E-state index >= 15 is 0 Å². The van der Waals surface area contributed by atoms with E-state index < -0.39 is 11.7 Å². The van der Waals surface area contributed by atoms with Gasteiger partial charge < -0.3 is 5.32 Å². The molecule has 0 saturated heterocycles. The highest BCUT2D eigenvalue weighted by atomic mass is 79.9. The molecule has 0 aliphatic heterocycles. The molecule has 0 aliphatic rings. The van der Waals surface area contributed by atoms with Gasteiger partial charge in [0.25, 0.3) is 0 Å². The van der Waals surface area contributed by atoms with Gasteiger partial charge in [0.2, 0.25) is 0 Å². The van der Waals surface area contributed by atoms with E-state index in [4.69, 9.17) is 5.26 Å². The molecular weight excluding hydrogens is 263 g/mol. The molecular formula is C10H4BrFN2O. The molecule has 3 nitrogen and oxygen atoms in total. The number of halogens is 2. The third-order valence-corrected chi connectivity index (χ3v) is 1.71. The van der Waals surface area contributed by atoms with Crippen molar-refractivity contribution < 1.29 is 9.18 Å². The molecule has 5 heteroatoms. The van der Waals surface area contributed by atoms with Crippen LogP contribution in [-0.4, -0.2) is 5.91 Å². The molecule has 0 unspecified atom stereocenters. The van der Waals surface area contributed by atoms with Crippen LogP contribution in [0.3, 0.4) is 0 Å². The highest BCUT2D eigenvalue weighted by molar-refractivity contribution is 9.12. The van der Waals surface area contributed by atoms with E-state index in [1.807, 2.05) is 0 Å². The molecule has 0 aliphatic carbocycles. The van der Waals surface area contributed by atoms with E-state index in [2.05, 4.69) is 32.0 Å². The first kappa shape index (κ1) is 11.2. The Morgan fingerprint density at radius 1 is 1.53 bits per heavy atom. The summed E-state index contributed by atoms with van der Waals surface area (Å²) in [6.07, 6.45) is 0. The number of hydrogen-bond donors (Lipinski definition) is 1. The van der Waals surface area contributed by atoms with E-state index in [9.17, 15) is 9.18 Å². The van der Waals surface area contributed by atoms with Gasteiger partial charge >= 0.3 is 5.91 Å². The second-order valence-electron chi connectivity index (χ2n) is 2.48. The molecule has 1 aromatic carbocycles. The van der Waals surface area contributed by atoms with Crippen LogP contribution in [0.4, 0.5) is 10.1 Å². The molecule has 0 heterocycles. The van der Waals surface area contributed by atoms with E-state index in [-0.39, 0.29) is 11.3 Å². The van der Waals surface area contributed by atoms with Crippen molar-refractivity contribution in [2.24, 2.45) is 0 Å². The van der Waals surface area contributed by atoms with Crippen molar-refractivity contribution in [2.45, 2.75) is 0 Å². The number of carbonyl (C=O) groups excluding carboxylic acids is 1. The van der Waals surface area contributed by atoms with Gasteiger partial charge in [0.05, 0.1) is 5.56 Å². The number of hydrogen-bond acceptors (Lipinski definition) is 2. The van der Waals surface area contributed by atoms with Gasteiger partial charge in [-0.3, -0.25) is 4.79 Å². The number of rotatable bonds is 1. The van der Waals surface area contributed by atoms with Crippen LogP contribution in [0.25, 0.3) is 0 Å². The van der Waals surface area contributed by atoms with Crippen molar-refractivity contribution in [3.63, 3.8) is 0 Å². The second kappa shape index (κ2) is 5.14. The fraction of sp³-hybridized carbons (Fsp3) is 0. The van der Waals surface area contributed by atoms with Crippen LogP contribution in [0.15, 0.2) is 18.2 Å². The van der Waals surface area contributed by atoms with Crippen LogP contribution in [0.1, 0.15) is 5.56 Å². The fourth-order valence-electron chi connectivity index (χ4n) is 0.889. The predicted molar refractivity (Wildman–Crippen MR) is 56.4 cm³/mol. The maximum atomic E-state index is 13.1. The lowest BCUT2D eigenvalue weighted by molar-refractivity contribution is -0.111. The van der Waals surface area contributed by atoms with Crippen molar-refractivity contribution in [3.8, 4) is 16.8 Å². The monoisotopic (exact) mass is 266 g/mol. The maximum absolute atomic E-state index is 13.1. The van der Waals surface area contributed by atoms with Gasteiger partial charge in [-0.1, -0.05) is 0 Å². The highest BCUT2D eigenvalue weighted by Crippen LogP contribution is 2.13. The summed E-state index contributed by atoms with van der Waals surface area (Å²) < 4.78 is 13.1. The highest BCUT2D eigenvalue weighted by Gasteiger charge is 2.03. The fourth-order valence-corrected chi connectivity index (χ4v) is 1.07. The summed E-state index contributed by atoms with van der Waals surface area (Å²) >= 11 is 2.76. The summed E-state index contributed by atoms with van der Waals surface area (Å²) in [5.41, 5.74) is 0.186. The molecule has 74 valence electrons. The van der Waals surface area contributed by atoms with Crippen LogP contribution < -0.4 is 5.32 Å². The Hall–Kier alpha value is -1.85. The number of benzene rings is 1. The van der Waals surface area contributed by atoms with Crippen molar-refractivity contribution in [2.75, 3.05) is 5.32 Å². The Morgan fingerprint density at radius 3 is 2.80 bits per heavy atom. The minimum absolute atomic E-state index is 0.0698. The number of amides is 1. The lowest BCUT2D eigenvalue weighted by atomic mass is 10.2. The summed E-state index contributed by atoms with van der Waals surface area (Å²) in [6, 6.07) is 5.45. The summed E-state index contributed by atoms with van der Waals surface area (Å²) in [5, 5.41) is 10.8. The van der Waals surface area contributed by atoms with E-state index in [1.54, 1.807) is 6.07 Å². The topological polar surface area (TPSA) is 52.9 Å². The van der Waals surface area contributed by atoms with Crippen LogP contribution >= 0.6 is 15.9 Å². The molecule has 0 atom stereocenters. The van der Waals surface area contributed by atoms with Crippen LogP contribution in [-0.2, 0) is 4.79 Å². The Balaban J connectivity index is 2.89. The Bertz CT molecular complexity index is 496. The first-order chi connectivity index (χ1) is 7.17. The maximum Gasteiger partial charge on any atom is 0.301 e. The molecule has 0 bridgehead atoms. The molecule has 0 aromatic heterocycles. The number of nitriles is 1. The summed E-state index contributed by atoms with van der Waals surface area (Å²) in [4.78, 5) is 13.2. The lowest BCUT2D eigenvalue weighted by Crippen LogP contribution is -2.08. The summed E-state index contributed by atoms with van der Waals surface area (Å²) in [7, 11) is 0. The van der Waals surface area contributed by atoms with Gasteiger partial charge in [-0.05, 0) is 23.0 Å². The van der Waals surface area contributed by atoms with Crippen molar-refractivity contribution in [1.29, 1.82) is 5.26 Å². The molecule has 0 spiro atoms. The zero-order valence-electron chi connectivity index (χ0n) is 7.34. The van der Waals surface area contributed by atoms with Crippen LogP contribution in [0.5, 0.6) is 0 Å². The number of carbonyl (C=O) groups is 1. The van der Waals surface area contributed by atoms with Crippen molar-refractivity contribution in [3.05, 3.63) is 29.6 Å². The molecule has 1 amide bonds. The third kappa shape index (κ3) is 3.08. The summed E-state index contributed by atoms with van der Waals surface area (Å²) in [5.74, 6) is 0.933. The van der Waals surface area contributed by atoms with Gasteiger partial charge in [-0.15, -0.1) is 0 Å². The largest absolute Gasteiger partial charge is 0.315 e. The van der Waals surface area contributed by atoms with Crippen LogP contribution in [0, 0.1) is 27.9 Å². The minimum Gasteiger partial charge on any atom is -0.315 e. The first-order valence-electron chi connectivity index (χ1n) is 3.79. The Kier molecular flexibility index (Phi) is 3.84. The number of anilines is 1. The quantitative estimate of drug-likeness (QED) is 0.791. The Morgan fingerprint density at radius 2 is 2.27 bits per heavy atom. The van der Waals surface area contributed by atoms with Crippen molar-refractivity contribution in [1.82, 2.24) is 0 Å². The average molecular weight is 267 g/mol. The number of nitrogens with zero attached hydrogens (tertiary/aromatic N) is 1. The smallest absolute Gasteiger partial charge is 0.301 e. The van der Waals surface area contributed by atoms with Gasteiger partial charge in [-0.25, -0.2) is 4.39 Å². The average Bonchev–Trinajstić information content (AvgIpc) is 2.18. The van der Waals surface area contributed by atoms with E-state index in [1.165, 1.54) is 12.1 Å². The lowest BCUT2D eigenvalue weighted by Gasteiger charge is -2.01. The summed E-state index contributed by atoms with van der Waals surface area (Å²) in [6.45, 7) is 0. The molecule has 1 N–H and O–H groups in total. The minimum atomic E-state index is -0.679. The SMILES string of the molecule is N#Cc1ccc(NC(=O)C#CBr)cc1F. The number of nitrogens with one attached hydrogen (secondary N) is 1. The first-order valence-corrected chi connectivity index (χ1v) is 4.59. The zero-order valence-corrected chi connectivity index (χ0v) is 8.93. The molecule has 1 rings (SSSR count). The molecule has 1 aromatic rings. The van der Waals surface area contributed by atoms with Gasteiger partial charge in [0, 0.05) is 27.5 Å². The predicted octanol–water partition coefficient (Wildman–Crippen LogP) is 1.99. The van der Waals surface area contributed by atoms with Gasteiger partial charge in [-0.2, -0.15) is 5.26 Å².